The molecule has 0 aliphatic rings. The topological polar surface area (TPSA) is 97.6 Å². The zero-order valence-corrected chi connectivity index (χ0v) is 18.0. The highest BCUT2D eigenvalue weighted by Crippen LogP contribution is 2.24. The van der Waals surface area contributed by atoms with Crippen molar-refractivity contribution in [3.05, 3.63) is 84.1 Å². The van der Waals surface area contributed by atoms with Crippen LogP contribution in [-0.2, 0) is 20.9 Å². The highest BCUT2D eigenvalue weighted by atomic mass is 32.2. The number of rotatable bonds is 9. The number of ether oxygens (including phenoxy) is 1. The Morgan fingerprint density at radius 1 is 1.06 bits per heavy atom. The number of benzene rings is 2. The summed E-state index contributed by atoms with van der Waals surface area (Å²) in [5.41, 5.74) is 0.221. The number of furan rings is 1. The lowest BCUT2D eigenvalue weighted by molar-refractivity contribution is -0.123. The summed E-state index contributed by atoms with van der Waals surface area (Å²) in [5.74, 6) is -1.49. The molecule has 0 spiro atoms. The SMILES string of the molecule is C[C@H](OC(=O)c1ccccc1SCC(=O)NCc1ccco1)C(=O)Nc1ccccc1F. The summed E-state index contributed by atoms with van der Waals surface area (Å²) in [6.45, 7) is 1.66. The zero-order chi connectivity index (χ0) is 22.9. The van der Waals surface area contributed by atoms with Gasteiger partial charge >= 0.3 is 5.97 Å². The van der Waals surface area contributed by atoms with Crippen LogP contribution in [0.1, 0.15) is 23.0 Å². The molecule has 3 rings (SSSR count). The average Bonchev–Trinajstić information content (AvgIpc) is 3.31. The first-order chi connectivity index (χ1) is 15.4. The first-order valence-corrected chi connectivity index (χ1v) is 10.7. The van der Waals surface area contributed by atoms with Crippen LogP contribution in [0.4, 0.5) is 10.1 Å². The fourth-order valence-corrected chi connectivity index (χ4v) is 3.50. The van der Waals surface area contributed by atoms with Crippen molar-refractivity contribution in [1.82, 2.24) is 5.32 Å². The van der Waals surface area contributed by atoms with Gasteiger partial charge in [-0.05, 0) is 43.3 Å². The van der Waals surface area contributed by atoms with Gasteiger partial charge in [0.25, 0.3) is 5.91 Å². The highest BCUT2D eigenvalue weighted by Gasteiger charge is 2.22. The maximum atomic E-state index is 13.7. The number of nitrogens with one attached hydrogen (secondary N) is 2. The minimum Gasteiger partial charge on any atom is -0.467 e. The number of hydrogen-bond acceptors (Lipinski definition) is 6. The molecule has 0 fully saturated rings. The average molecular weight is 456 g/mol. The molecule has 0 unspecified atom stereocenters. The van der Waals surface area contributed by atoms with E-state index in [2.05, 4.69) is 10.6 Å². The van der Waals surface area contributed by atoms with Gasteiger partial charge in [0.1, 0.15) is 11.6 Å². The monoisotopic (exact) mass is 456 g/mol. The molecule has 0 saturated carbocycles. The molecule has 3 aromatic rings. The lowest BCUT2D eigenvalue weighted by atomic mass is 10.2. The Labute approximate surface area is 188 Å². The molecular weight excluding hydrogens is 435 g/mol. The molecule has 7 nitrogen and oxygen atoms in total. The zero-order valence-electron chi connectivity index (χ0n) is 17.2. The number of halogens is 1. The minimum absolute atomic E-state index is 0.00286. The number of esters is 1. The number of carbonyl (C=O) groups is 3. The van der Waals surface area contributed by atoms with Crippen LogP contribution in [0.25, 0.3) is 0 Å². The van der Waals surface area contributed by atoms with Crippen molar-refractivity contribution >= 4 is 35.2 Å². The molecule has 0 aliphatic carbocycles. The summed E-state index contributed by atoms with van der Waals surface area (Å²) in [5, 5.41) is 5.12. The van der Waals surface area contributed by atoms with Gasteiger partial charge in [0, 0.05) is 4.90 Å². The van der Waals surface area contributed by atoms with E-state index in [0.717, 1.165) is 0 Å². The van der Waals surface area contributed by atoms with Crippen LogP contribution in [-0.4, -0.2) is 29.6 Å². The van der Waals surface area contributed by atoms with Gasteiger partial charge in [-0.2, -0.15) is 0 Å². The molecule has 9 heteroatoms. The summed E-state index contributed by atoms with van der Waals surface area (Å²) in [6, 6.07) is 15.8. The van der Waals surface area contributed by atoms with E-state index in [1.807, 2.05) is 0 Å². The van der Waals surface area contributed by atoms with Gasteiger partial charge in [-0.15, -0.1) is 11.8 Å². The van der Waals surface area contributed by atoms with E-state index >= 15 is 0 Å². The molecule has 2 N–H and O–H groups in total. The summed E-state index contributed by atoms with van der Waals surface area (Å²) >= 11 is 1.17. The van der Waals surface area contributed by atoms with Crippen LogP contribution in [0.15, 0.2) is 76.2 Å². The fourth-order valence-electron chi connectivity index (χ4n) is 2.63. The molecule has 0 aliphatic heterocycles. The van der Waals surface area contributed by atoms with Gasteiger partial charge in [0.05, 0.1) is 29.8 Å². The van der Waals surface area contributed by atoms with Gasteiger partial charge in [-0.1, -0.05) is 24.3 Å². The van der Waals surface area contributed by atoms with E-state index in [0.29, 0.717) is 10.7 Å². The second-order valence-corrected chi connectivity index (χ2v) is 7.67. The molecule has 2 amide bonds. The largest absolute Gasteiger partial charge is 0.467 e. The van der Waals surface area contributed by atoms with E-state index in [9.17, 15) is 18.8 Å². The van der Waals surface area contributed by atoms with Crippen molar-refractivity contribution in [3.63, 3.8) is 0 Å². The Hall–Kier alpha value is -3.59. The Kier molecular flexibility index (Phi) is 8.04. The third-order valence-electron chi connectivity index (χ3n) is 4.29. The Morgan fingerprint density at radius 3 is 2.56 bits per heavy atom. The predicted octanol–water partition coefficient (Wildman–Crippen LogP) is 4.01. The van der Waals surface area contributed by atoms with E-state index in [4.69, 9.17) is 9.15 Å². The van der Waals surface area contributed by atoms with Crippen molar-refractivity contribution < 1.29 is 27.9 Å². The lowest BCUT2D eigenvalue weighted by Gasteiger charge is -2.15. The first kappa shape index (κ1) is 23.1. The van der Waals surface area contributed by atoms with Gasteiger partial charge < -0.3 is 19.8 Å². The van der Waals surface area contributed by atoms with E-state index in [1.54, 1.807) is 42.5 Å². The van der Waals surface area contributed by atoms with Crippen LogP contribution in [0.2, 0.25) is 0 Å². The summed E-state index contributed by atoms with van der Waals surface area (Å²) in [6.07, 6.45) is 0.368. The van der Waals surface area contributed by atoms with Gasteiger partial charge in [0.15, 0.2) is 6.10 Å². The summed E-state index contributed by atoms with van der Waals surface area (Å²) in [4.78, 5) is 37.5. The Balaban J connectivity index is 1.55. The molecular formula is C23H21FN2O5S. The molecule has 0 saturated heterocycles. The molecule has 1 atom stereocenters. The summed E-state index contributed by atoms with van der Waals surface area (Å²) < 4.78 is 24.1. The standard InChI is InChI=1S/C23H21FN2O5S/c1-15(22(28)26-19-10-4-3-9-18(19)24)31-23(29)17-8-2-5-11-20(17)32-14-21(27)25-13-16-7-6-12-30-16/h2-12,15H,13-14H2,1H3,(H,25,27)(H,26,28)/t15-/m0/s1. The molecule has 0 bridgehead atoms. The highest BCUT2D eigenvalue weighted by molar-refractivity contribution is 8.00. The minimum atomic E-state index is -1.16. The van der Waals surface area contributed by atoms with Crippen LogP contribution in [0.5, 0.6) is 0 Å². The van der Waals surface area contributed by atoms with Gasteiger partial charge in [-0.25, -0.2) is 9.18 Å². The van der Waals surface area contributed by atoms with Crippen molar-refractivity contribution in [2.24, 2.45) is 0 Å². The van der Waals surface area contributed by atoms with E-state index in [1.165, 1.54) is 43.1 Å². The maximum Gasteiger partial charge on any atom is 0.340 e. The number of anilines is 1. The molecule has 1 aromatic heterocycles. The predicted molar refractivity (Wildman–Crippen MR) is 118 cm³/mol. The van der Waals surface area contributed by atoms with Crippen molar-refractivity contribution in [2.45, 2.75) is 24.5 Å². The molecule has 2 aromatic carbocycles. The molecule has 0 radical (unpaired) electrons. The van der Waals surface area contributed by atoms with Crippen LogP contribution >= 0.6 is 11.8 Å². The van der Waals surface area contributed by atoms with E-state index < -0.39 is 23.8 Å². The van der Waals surface area contributed by atoms with Crippen LogP contribution in [0.3, 0.4) is 0 Å². The maximum absolute atomic E-state index is 13.7. The fraction of sp³-hybridized carbons (Fsp3) is 0.174. The molecule has 1 heterocycles. The van der Waals surface area contributed by atoms with Crippen molar-refractivity contribution in [3.8, 4) is 0 Å². The third kappa shape index (κ3) is 6.45. The van der Waals surface area contributed by atoms with Gasteiger partial charge in [0.2, 0.25) is 5.91 Å². The van der Waals surface area contributed by atoms with Gasteiger partial charge in [-0.3, -0.25) is 9.59 Å². The number of thioether (sulfide) groups is 1. The normalized spacial score (nSPS) is 11.4. The second-order valence-electron chi connectivity index (χ2n) is 6.66. The quantitative estimate of drug-likeness (QED) is 0.373. The van der Waals surface area contributed by atoms with Crippen LogP contribution < -0.4 is 10.6 Å². The second kappa shape index (κ2) is 11.1. The number of para-hydroxylation sites is 1. The molecule has 166 valence electrons. The molecule has 32 heavy (non-hydrogen) atoms. The number of carbonyl (C=O) groups excluding carboxylic acids is 3. The first-order valence-electron chi connectivity index (χ1n) is 9.71. The smallest absolute Gasteiger partial charge is 0.340 e. The summed E-state index contributed by atoms with van der Waals surface area (Å²) in [7, 11) is 0. The third-order valence-corrected chi connectivity index (χ3v) is 5.36. The van der Waals surface area contributed by atoms with Crippen LogP contribution in [0, 0.1) is 5.82 Å². The van der Waals surface area contributed by atoms with Crippen molar-refractivity contribution in [1.29, 1.82) is 0 Å². The Morgan fingerprint density at radius 2 is 1.81 bits per heavy atom. The van der Waals surface area contributed by atoms with Crippen molar-refractivity contribution in [2.75, 3.05) is 11.1 Å². The number of amides is 2. The van der Waals surface area contributed by atoms with E-state index in [-0.39, 0.29) is 29.5 Å². The lowest BCUT2D eigenvalue weighted by Crippen LogP contribution is -2.30. The number of hydrogen-bond donors (Lipinski definition) is 2. The Bertz CT molecular complexity index is 1090.